The number of likely N-dealkylation sites (tertiary alicyclic amines) is 1. The topological polar surface area (TPSA) is 81.2 Å². The van der Waals surface area contributed by atoms with Crippen LogP contribution in [0, 0.1) is 5.92 Å². The summed E-state index contributed by atoms with van der Waals surface area (Å²) in [6.07, 6.45) is 3.11. The number of benzene rings is 2. The normalized spacial score (nSPS) is 21.3. The quantitative estimate of drug-likeness (QED) is 0.666. The number of rotatable bonds is 4. The zero-order valence-corrected chi connectivity index (χ0v) is 20.3. The van der Waals surface area contributed by atoms with Crippen LogP contribution in [0.25, 0.3) is 10.8 Å². The van der Waals surface area contributed by atoms with Crippen LogP contribution in [0.15, 0.2) is 42.5 Å². The lowest BCUT2D eigenvalue weighted by Gasteiger charge is -2.39. The van der Waals surface area contributed by atoms with Crippen molar-refractivity contribution >= 4 is 32.8 Å². The summed E-state index contributed by atoms with van der Waals surface area (Å²) in [4.78, 5) is 30.0. The minimum atomic E-state index is -3.41. The molecule has 0 atom stereocenters. The van der Waals surface area contributed by atoms with Crippen molar-refractivity contribution in [2.45, 2.75) is 25.7 Å². The maximum atomic E-state index is 13.2. The number of nitrogens with zero attached hydrogens (tertiary/aromatic N) is 4. The molecule has 0 spiro atoms. The third-order valence-corrected chi connectivity index (χ3v) is 9.45. The molecule has 34 heavy (non-hydrogen) atoms. The summed E-state index contributed by atoms with van der Waals surface area (Å²) in [5.74, 6) is -0.00257. The number of hydrogen-bond acceptors (Lipinski definition) is 4. The third kappa shape index (κ3) is 4.44. The lowest BCUT2D eigenvalue weighted by Crippen LogP contribution is -2.55. The Kier molecular flexibility index (Phi) is 6.59. The van der Waals surface area contributed by atoms with Crippen molar-refractivity contribution in [2.24, 2.45) is 5.92 Å². The van der Waals surface area contributed by atoms with E-state index in [1.807, 2.05) is 52.3 Å². The largest absolute Gasteiger partial charge is 0.340 e. The second kappa shape index (κ2) is 9.64. The van der Waals surface area contributed by atoms with Crippen molar-refractivity contribution in [3.63, 3.8) is 0 Å². The molecule has 9 heteroatoms. The maximum Gasteiger partial charge on any atom is 0.282 e. The Morgan fingerprint density at radius 3 is 2.03 bits per heavy atom. The zero-order valence-electron chi connectivity index (χ0n) is 19.4. The van der Waals surface area contributed by atoms with Gasteiger partial charge in [-0.15, -0.1) is 0 Å². The summed E-state index contributed by atoms with van der Waals surface area (Å²) < 4.78 is 28.6. The van der Waals surface area contributed by atoms with Crippen molar-refractivity contribution in [1.82, 2.24) is 18.4 Å². The zero-order chi connectivity index (χ0) is 23.7. The van der Waals surface area contributed by atoms with Gasteiger partial charge in [0.2, 0.25) is 5.91 Å². The van der Waals surface area contributed by atoms with Crippen LogP contribution in [0.3, 0.4) is 0 Å². The SMILES string of the molecule is O=C(c1cccc2ccccc12)N1CCC(C(=O)N2CCN(S(=O)(=O)N3CCCC3)CC2)CC1. The molecule has 0 unspecified atom stereocenters. The Morgan fingerprint density at radius 2 is 1.32 bits per heavy atom. The smallest absolute Gasteiger partial charge is 0.282 e. The first kappa shape index (κ1) is 23.3. The van der Waals surface area contributed by atoms with E-state index in [0.717, 1.165) is 23.6 Å². The average molecular weight is 485 g/mol. The van der Waals surface area contributed by atoms with Crippen molar-refractivity contribution in [2.75, 3.05) is 52.4 Å². The molecule has 0 N–H and O–H groups in total. The lowest BCUT2D eigenvalue weighted by molar-refractivity contribution is -0.138. The Morgan fingerprint density at radius 1 is 0.706 bits per heavy atom. The van der Waals surface area contributed by atoms with Crippen LogP contribution >= 0.6 is 0 Å². The molecule has 3 heterocycles. The summed E-state index contributed by atoms with van der Waals surface area (Å²) >= 11 is 0. The van der Waals surface area contributed by atoms with E-state index in [2.05, 4.69) is 0 Å². The summed E-state index contributed by atoms with van der Waals surface area (Å²) in [6, 6.07) is 13.7. The van der Waals surface area contributed by atoms with Crippen molar-refractivity contribution < 1.29 is 18.0 Å². The third-order valence-electron chi connectivity index (χ3n) is 7.42. The molecule has 3 saturated heterocycles. The van der Waals surface area contributed by atoms with Gasteiger partial charge < -0.3 is 9.80 Å². The van der Waals surface area contributed by atoms with Gasteiger partial charge in [-0.3, -0.25) is 9.59 Å². The fourth-order valence-corrected chi connectivity index (χ4v) is 7.06. The standard InChI is InChI=1S/C25H32N4O4S/c30-24(27-16-18-29(19-17-27)34(32,33)28-12-3-4-13-28)21-10-14-26(15-11-21)25(31)23-9-5-7-20-6-1-2-8-22(20)23/h1-2,5-9,21H,3-4,10-19H2. The molecule has 5 rings (SSSR count). The van der Waals surface area contributed by atoms with Crippen LogP contribution in [0.5, 0.6) is 0 Å². The van der Waals surface area contributed by atoms with E-state index in [4.69, 9.17) is 0 Å². The van der Waals surface area contributed by atoms with Crippen LogP contribution in [0.4, 0.5) is 0 Å². The van der Waals surface area contributed by atoms with Crippen molar-refractivity contribution in [1.29, 1.82) is 0 Å². The molecule has 0 aliphatic carbocycles. The highest BCUT2D eigenvalue weighted by molar-refractivity contribution is 7.86. The fraction of sp³-hybridized carbons (Fsp3) is 0.520. The number of amides is 2. The highest BCUT2D eigenvalue weighted by Crippen LogP contribution is 2.25. The monoisotopic (exact) mass is 484 g/mol. The van der Waals surface area contributed by atoms with Gasteiger partial charge in [-0.2, -0.15) is 17.0 Å². The van der Waals surface area contributed by atoms with Gasteiger partial charge in [0.05, 0.1) is 0 Å². The van der Waals surface area contributed by atoms with Gasteiger partial charge in [0, 0.05) is 63.8 Å². The number of fused-ring (bicyclic) bond motifs is 1. The first-order valence-electron chi connectivity index (χ1n) is 12.3. The van der Waals surface area contributed by atoms with Crippen LogP contribution in [-0.2, 0) is 15.0 Å². The molecule has 0 saturated carbocycles. The van der Waals surface area contributed by atoms with Gasteiger partial charge in [-0.1, -0.05) is 36.4 Å². The molecular formula is C25H32N4O4S. The number of piperidine rings is 1. The highest BCUT2D eigenvalue weighted by Gasteiger charge is 2.37. The van der Waals surface area contributed by atoms with Gasteiger partial charge in [0.25, 0.3) is 16.1 Å². The van der Waals surface area contributed by atoms with E-state index in [1.54, 1.807) is 4.31 Å². The second-order valence-corrected chi connectivity index (χ2v) is 11.4. The van der Waals surface area contributed by atoms with E-state index in [0.29, 0.717) is 70.8 Å². The molecule has 0 radical (unpaired) electrons. The Labute approximate surface area is 201 Å². The van der Waals surface area contributed by atoms with Crippen molar-refractivity contribution in [3.05, 3.63) is 48.0 Å². The first-order chi connectivity index (χ1) is 16.4. The van der Waals surface area contributed by atoms with E-state index in [1.165, 1.54) is 4.31 Å². The summed E-state index contributed by atoms with van der Waals surface area (Å²) in [7, 11) is -3.41. The molecule has 2 aromatic carbocycles. The van der Waals surface area contributed by atoms with Crippen molar-refractivity contribution in [3.8, 4) is 0 Å². The minimum Gasteiger partial charge on any atom is -0.340 e. The molecule has 0 aromatic heterocycles. The molecule has 3 fully saturated rings. The molecule has 3 aliphatic heterocycles. The van der Waals surface area contributed by atoms with Gasteiger partial charge >= 0.3 is 0 Å². The van der Waals surface area contributed by atoms with E-state index < -0.39 is 10.2 Å². The summed E-state index contributed by atoms with van der Waals surface area (Å²) in [6.45, 7) is 3.87. The second-order valence-electron chi connectivity index (χ2n) is 9.43. The molecule has 8 nitrogen and oxygen atoms in total. The van der Waals surface area contributed by atoms with E-state index >= 15 is 0 Å². The van der Waals surface area contributed by atoms with Crippen LogP contribution < -0.4 is 0 Å². The molecule has 2 aromatic rings. The molecule has 182 valence electrons. The molecule has 0 bridgehead atoms. The molecule has 3 aliphatic rings. The number of hydrogen-bond donors (Lipinski definition) is 0. The Hall–Kier alpha value is -2.49. The first-order valence-corrected chi connectivity index (χ1v) is 13.7. The predicted molar refractivity (Wildman–Crippen MR) is 130 cm³/mol. The summed E-state index contributed by atoms with van der Waals surface area (Å²) in [5.41, 5.74) is 0.707. The average Bonchev–Trinajstić information content (AvgIpc) is 3.44. The molecular weight excluding hydrogens is 452 g/mol. The lowest BCUT2D eigenvalue weighted by atomic mass is 9.94. The number of piperazine rings is 1. The minimum absolute atomic E-state index is 0.0171. The maximum absolute atomic E-state index is 13.2. The summed E-state index contributed by atoms with van der Waals surface area (Å²) in [5, 5.41) is 2.00. The number of carbonyl (C=O) groups is 2. The Balaban J connectivity index is 1.15. The van der Waals surface area contributed by atoms with E-state index in [9.17, 15) is 18.0 Å². The predicted octanol–water partition coefficient (Wildman–Crippen LogP) is 2.18. The van der Waals surface area contributed by atoms with Gasteiger partial charge in [-0.05, 0) is 42.5 Å². The Bertz CT molecular complexity index is 1160. The van der Waals surface area contributed by atoms with Gasteiger partial charge in [0.1, 0.15) is 0 Å². The van der Waals surface area contributed by atoms with Crippen LogP contribution in [0.1, 0.15) is 36.0 Å². The highest BCUT2D eigenvalue weighted by atomic mass is 32.2. The number of carbonyl (C=O) groups excluding carboxylic acids is 2. The van der Waals surface area contributed by atoms with Crippen LogP contribution in [-0.4, -0.2) is 91.0 Å². The fourth-order valence-electron chi connectivity index (χ4n) is 5.39. The van der Waals surface area contributed by atoms with E-state index in [-0.39, 0.29) is 17.7 Å². The molecule has 2 amide bonds. The van der Waals surface area contributed by atoms with Gasteiger partial charge in [0.15, 0.2) is 0 Å². The van der Waals surface area contributed by atoms with Gasteiger partial charge in [-0.25, -0.2) is 0 Å². The van der Waals surface area contributed by atoms with Crippen LogP contribution in [0.2, 0.25) is 0 Å².